The van der Waals surface area contributed by atoms with E-state index in [9.17, 15) is 14.4 Å². The first-order chi connectivity index (χ1) is 19.0. The fraction of sp³-hybridized carbons (Fsp3) is 0.344. The first-order valence-corrected chi connectivity index (χ1v) is 14.0. The molecule has 0 saturated carbocycles. The van der Waals surface area contributed by atoms with Crippen LogP contribution in [0.3, 0.4) is 0 Å². The highest BCUT2D eigenvalue weighted by molar-refractivity contribution is 6.31. The molecule has 0 radical (unpaired) electrons. The second-order valence-electron chi connectivity index (χ2n) is 10.5. The molecule has 2 amide bonds. The smallest absolute Gasteiger partial charge is 0.253 e. The minimum absolute atomic E-state index is 0.0697. The second-order valence-corrected chi connectivity index (χ2v) is 10.9. The molecule has 1 unspecified atom stereocenters. The Morgan fingerprint density at radius 1 is 1.12 bits per heavy atom. The molecule has 1 aromatic heterocycles. The number of carbonyl (C=O) groups is 2. The number of anilines is 1. The highest BCUT2D eigenvalue weighted by atomic mass is 35.5. The van der Waals surface area contributed by atoms with E-state index < -0.39 is 0 Å². The van der Waals surface area contributed by atoms with Crippen molar-refractivity contribution in [3.8, 4) is 11.1 Å². The van der Waals surface area contributed by atoms with Crippen molar-refractivity contribution in [3.05, 3.63) is 97.9 Å². The highest BCUT2D eigenvalue weighted by Crippen LogP contribution is 2.35. The molecule has 3 aromatic rings. The maximum Gasteiger partial charge on any atom is 0.253 e. The molecule has 7 nitrogen and oxygen atoms in total. The molecule has 1 atom stereocenters. The maximum atomic E-state index is 13.7. The van der Waals surface area contributed by atoms with Crippen LogP contribution in [-0.2, 0) is 11.3 Å². The number of amides is 2. The Labute approximate surface area is 240 Å². The molecule has 1 fully saturated rings. The minimum atomic E-state index is -0.260. The molecule has 40 heavy (non-hydrogen) atoms. The van der Waals surface area contributed by atoms with Gasteiger partial charge >= 0.3 is 0 Å². The summed E-state index contributed by atoms with van der Waals surface area (Å²) in [6, 6.07) is 11.9. The molecule has 1 aliphatic rings. The first kappa shape index (κ1) is 29.2. The summed E-state index contributed by atoms with van der Waals surface area (Å²) in [5.41, 5.74) is 7.00. The van der Waals surface area contributed by atoms with Gasteiger partial charge in [-0.15, -0.1) is 0 Å². The van der Waals surface area contributed by atoms with Gasteiger partial charge in [0.2, 0.25) is 5.91 Å². The zero-order valence-electron chi connectivity index (χ0n) is 23.9. The number of rotatable bonds is 8. The Bertz CT molecular complexity index is 1530. The number of pyridine rings is 1. The quantitative estimate of drug-likeness (QED) is 0.358. The van der Waals surface area contributed by atoms with Crippen LogP contribution in [0.25, 0.3) is 11.1 Å². The van der Waals surface area contributed by atoms with Gasteiger partial charge in [0.15, 0.2) is 0 Å². The average Bonchev–Trinajstić information content (AvgIpc) is 3.40. The lowest BCUT2D eigenvalue weighted by Crippen LogP contribution is -2.39. The molecule has 1 aliphatic heterocycles. The number of likely N-dealkylation sites (N-methyl/N-ethyl adjacent to an activating group) is 1. The summed E-state index contributed by atoms with van der Waals surface area (Å²) < 4.78 is 0. The Balaban J connectivity index is 1.75. The van der Waals surface area contributed by atoms with Gasteiger partial charge in [-0.1, -0.05) is 30.3 Å². The summed E-state index contributed by atoms with van der Waals surface area (Å²) in [7, 11) is 0. The van der Waals surface area contributed by atoms with Crippen LogP contribution in [0.1, 0.15) is 51.7 Å². The molecular weight excluding hydrogens is 524 g/mol. The standard InChI is InChI=1S/C32H37ClN4O3/c1-7-30(38)36-12-11-25(18-36)37(8-2)29-16-24(23-10-9-19(3)28(33)15-23)14-26(22(29)6)31(39)34-17-27-20(4)13-21(5)35-32(27)40/h7,9-10,13-16,25H,1,8,11-12,17-18H2,2-6H3,(H,34,39)(H,35,40). The summed E-state index contributed by atoms with van der Waals surface area (Å²) in [6.45, 7) is 15.4. The fourth-order valence-corrected chi connectivity index (χ4v) is 5.67. The predicted octanol–water partition coefficient (Wildman–Crippen LogP) is 5.47. The number of carbonyl (C=O) groups excluding carboxylic acids is 2. The van der Waals surface area contributed by atoms with E-state index in [-0.39, 0.29) is 30.0 Å². The Hall–Kier alpha value is -3.84. The minimum Gasteiger partial charge on any atom is -0.367 e. The van der Waals surface area contributed by atoms with Crippen molar-refractivity contribution in [2.45, 2.75) is 53.6 Å². The van der Waals surface area contributed by atoms with Crippen LogP contribution in [0.4, 0.5) is 5.69 Å². The Kier molecular flexibility index (Phi) is 8.84. The number of hydrogen-bond acceptors (Lipinski definition) is 4. The number of aromatic amines is 1. The van der Waals surface area contributed by atoms with E-state index in [2.05, 4.69) is 34.8 Å². The van der Waals surface area contributed by atoms with Crippen LogP contribution in [0.5, 0.6) is 0 Å². The maximum absolute atomic E-state index is 13.7. The van der Waals surface area contributed by atoms with Gasteiger partial charge in [0.25, 0.3) is 11.5 Å². The van der Waals surface area contributed by atoms with E-state index in [0.717, 1.165) is 45.6 Å². The van der Waals surface area contributed by atoms with Crippen LogP contribution in [0.2, 0.25) is 5.02 Å². The monoisotopic (exact) mass is 560 g/mol. The zero-order valence-corrected chi connectivity index (χ0v) is 24.6. The largest absolute Gasteiger partial charge is 0.367 e. The molecule has 2 heterocycles. The van der Waals surface area contributed by atoms with E-state index in [0.29, 0.717) is 35.8 Å². The van der Waals surface area contributed by atoms with Crippen molar-refractivity contribution < 1.29 is 9.59 Å². The number of hydrogen-bond donors (Lipinski definition) is 2. The number of likely N-dealkylation sites (tertiary alicyclic amines) is 1. The molecule has 2 aromatic carbocycles. The van der Waals surface area contributed by atoms with E-state index >= 15 is 0 Å². The summed E-state index contributed by atoms with van der Waals surface area (Å²) in [5.74, 6) is -0.330. The van der Waals surface area contributed by atoms with Gasteiger partial charge in [-0.2, -0.15) is 0 Å². The zero-order chi connectivity index (χ0) is 29.1. The summed E-state index contributed by atoms with van der Waals surface area (Å²) in [5, 5.41) is 3.63. The van der Waals surface area contributed by atoms with Crippen LogP contribution in [0, 0.1) is 27.7 Å². The number of H-pyrrole nitrogens is 1. The molecule has 0 spiro atoms. The molecule has 4 rings (SSSR count). The van der Waals surface area contributed by atoms with Crippen molar-refractivity contribution >= 4 is 29.1 Å². The van der Waals surface area contributed by atoms with Gasteiger partial charge in [0.05, 0.1) is 0 Å². The van der Waals surface area contributed by atoms with Gasteiger partial charge in [0, 0.05) is 59.8 Å². The average molecular weight is 561 g/mol. The molecule has 210 valence electrons. The highest BCUT2D eigenvalue weighted by Gasteiger charge is 2.31. The topological polar surface area (TPSA) is 85.5 Å². The third kappa shape index (κ3) is 5.99. The normalized spacial score (nSPS) is 14.8. The summed E-state index contributed by atoms with van der Waals surface area (Å²) in [4.78, 5) is 45.4. The van der Waals surface area contributed by atoms with E-state index in [1.807, 2.05) is 62.9 Å². The van der Waals surface area contributed by atoms with Gasteiger partial charge in [-0.05, 0) is 99.2 Å². The molecule has 8 heteroatoms. The number of nitrogens with one attached hydrogen (secondary N) is 2. The van der Waals surface area contributed by atoms with Crippen LogP contribution < -0.4 is 15.8 Å². The van der Waals surface area contributed by atoms with Gasteiger partial charge < -0.3 is 20.1 Å². The fourth-order valence-electron chi connectivity index (χ4n) is 5.49. The van der Waals surface area contributed by atoms with Crippen LogP contribution >= 0.6 is 11.6 Å². The predicted molar refractivity (Wildman–Crippen MR) is 162 cm³/mol. The number of halogens is 1. The number of nitrogens with zero attached hydrogens (tertiary/aromatic N) is 2. The van der Waals surface area contributed by atoms with Crippen molar-refractivity contribution in [3.63, 3.8) is 0 Å². The molecule has 1 saturated heterocycles. The third-order valence-electron chi connectivity index (χ3n) is 7.79. The van der Waals surface area contributed by atoms with Gasteiger partial charge in [-0.25, -0.2) is 0 Å². The Morgan fingerprint density at radius 2 is 1.88 bits per heavy atom. The lowest BCUT2D eigenvalue weighted by molar-refractivity contribution is -0.125. The Morgan fingerprint density at radius 3 is 2.52 bits per heavy atom. The van der Waals surface area contributed by atoms with E-state index in [1.54, 1.807) is 0 Å². The van der Waals surface area contributed by atoms with Crippen molar-refractivity contribution in [1.29, 1.82) is 0 Å². The molecule has 0 bridgehead atoms. The van der Waals surface area contributed by atoms with E-state index in [1.165, 1.54) is 6.08 Å². The SMILES string of the molecule is C=CC(=O)N1CCC(N(CC)c2cc(-c3ccc(C)c(Cl)c3)cc(C(=O)NCc3c(C)cc(C)[nH]c3=O)c2C)C1. The van der Waals surface area contributed by atoms with Crippen molar-refractivity contribution in [1.82, 2.24) is 15.2 Å². The van der Waals surface area contributed by atoms with Crippen LogP contribution in [0.15, 0.2) is 53.8 Å². The molecule has 2 N–H and O–H groups in total. The number of benzene rings is 2. The lowest BCUT2D eigenvalue weighted by Gasteiger charge is -2.32. The first-order valence-electron chi connectivity index (χ1n) is 13.6. The van der Waals surface area contributed by atoms with Gasteiger partial charge in [-0.3, -0.25) is 14.4 Å². The summed E-state index contributed by atoms with van der Waals surface area (Å²) in [6.07, 6.45) is 2.18. The number of aryl methyl sites for hydroxylation is 3. The van der Waals surface area contributed by atoms with Crippen LogP contribution in [-0.4, -0.2) is 47.4 Å². The second kappa shape index (κ2) is 12.1. The number of aromatic nitrogens is 1. The third-order valence-corrected chi connectivity index (χ3v) is 8.20. The molecule has 0 aliphatic carbocycles. The lowest BCUT2D eigenvalue weighted by atomic mass is 9.95. The molecular formula is C32H37ClN4O3. The summed E-state index contributed by atoms with van der Waals surface area (Å²) >= 11 is 6.48. The van der Waals surface area contributed by atoms with Crippen molar-refractivity contribution in [2.24, 2.45) is 0 Å². The van der Waals surface area contributed by atoms with Gasteiger partial charge in [0.1, 0.15) is 0 Å². The van der Waals surface area contributed by atoms with Crippen molar-refractivity contribution in [2.75, 3.05) is 24.5 Å². The van der Waals surface area contributed by atoms with E-state index in [4.69, 9.17) is 11.6 Å².